The highest BCUT2D eigenvalue weighted by atomic mass is 35.5. The van der Waals surface area contributed by atoms with Crippen LogP contribution in [-0.4, -0.2) is 12.6 Å². The van der Waals surface area contributed by atoms with E-state index < -0.39 is 0 Å². The Morgan fingerprint density at radius 1 is 1.29 bits per heavy atom. The Morgan fingerprint density at radius 3 is 2.67 bits per heavy atom. The van der Waals surface area contributed by atoms with Gasteiger partial charge in [0.25, 0.3) is 0 Å². The van der Waals surface area contributed by atoms with Crippen molar-refractivity contribution in [1.82, 2.24) is 0 Å². The van der Waals surface area contributed by atoms with Crippen LogP contribution < -0.4 is 11.1 Å². The largest absolute Gasteiger partial charge is 0.462 e. The molecule has 5 heteroatoms. The van der Waals surface area contributed by atoms with E-state index in [4.69, 9.17) is 22.1 Å². The van der Waals surface area contributed by atoms with E-state index in [2.05, 4.69) is 5.32 Å². The maximum atomic E-state index is 11.6. The Labute approximate surface area is 128 Å². The van der Waals surface area contributed by atoms with Crippen LogP contribution in [0.1, 0.15) is 22.8 Å². The second kappa shape index (κ2) is 6.50. The van der Waals surface area contributed by atoms with Crippen LogP contribution in [0.3, 0.4) is 0 Å². The Balaban J connectivity index is 2.21. The van der Waals surface area contributed by atoms with Crippen molar-refractivity contribution in [1.29, 1.82) is 0 Å². The Morgan fingerprint density at radius 2 is 2.05 bits per heavy atom. The lowest BCUT2D eigenvalue weighted by molar-refractivity contribution is 0.0526. The Kier molecular flexibility index (Phi) is 4.70. The fourth-order valence-corrected chi connectivity index (χ4v) is 2.02. The van der Waals surface area contributed by atoms with Crippen LogP contribution in [0.25, 0.3) is 0 Å². The molecule has 3 N–H and O–H groups in total. The molecule has 2 aromatic carbocycles. The molecule has 0 saturated heterocycles. The predicted molar refractivity (Wildman–Crippen MR) is 86.3 cm³/mol. The van der Waals surface area contributed by atoms with Crippen molar-refractivity contribution < 1.29 is 9.53 Å². The monoisotopic (exact) mass is 304 g/mol. The number of anilines is 3. The third kappa shape index (κ3) is 3.67. The number of ether oxygens (including phenoxy) is 1. The first-order chi connectivity index (χ1) is 10.0. The number of carbonyl (C=O) groups is 1. The van der Waals surface area contributed by atoms with Gasteiger partial charge in [-0.3, -0.25) is 0 Å². The van der Waals surface area contributed by atoms with Crippen molar-refractivity contribution in [3.05, 3.63) is 52.5 Å². The van der Waals surface area contributed by atoms with Gasteiger partial charge in [0.05, 0.1) is 23.5 Å². The van der Waals surface area contributed by atoms with E-state index in [-0.39, 0.29) is 5.97 Å². The molecule has 2 aromatic rings. The molecule has 0 aliphatic carbocycles. The molecular weight excluding hydrogens is 288 g/mol. The zero-order chi connectivity index (χ0) is 15.4. The van der Waals surface area contributed by atoms with Crippen LogP contribution in [0.2, 0.25) is 5.02 Å². The summed E-state index contributed by atoms with van der Waals surface area (Å²) in [5.74, 6) is -0.380. The number of rotatable bonds is 4. The number of halogens is 1. The Hall–Kier alpha value is -2.20. The number of nitrogen functional groups attached to an aromatic ring is 1. The third-order valence-corrected chi connectivity index (χ3v) is 3.42. The SMILES string of the molecule is CCOC(=O)c1ccc(Nc2ccc(C)c(Cl)c2)c(N)c1. The van der Waals surface area contributed by atoms with Gasteiger partial charge in [0.1, 0.15) is 0 Å². The molecule has 4 nitrogen and oxygen atoms in total. The number of nitrogens with one attached hydrogen (secondary N) is 1. The number of hydrogen-bond donors (Lipinski definition) is 2. The summed E-state index contributed by atoms with van der Waals surface area (Å²) in [5.41, 5.74) is 9.42. The fraction of sp³-hybridized carbons (Fsp3) is 0.188. The van der Waals surface area contributed by atoms with Crippen molar-refractivity contribution in [3.8, 4) is 0 Å². The normalized spacial score (nSPS) is 10.2. The molecule has 0 aliphatic rings. The lowest BCUT2D eigenvalue weighted by Crippen LogP contribution is -2.06. The molecule has 0 fully saturated rings. The summed E-state index contributed by atoms with van der Waals surface area (Å²) in [6, 6.07) is 10.7. The van der Waals surface area contributed by atoms with Gasteiger partial charge in [-0.15, -0.1) is 0 Å². The van der Waals surface area contributed by atoms with Crippen LogP contribution in [0.5, 0.6) is 0 Å². The average molecular weight is 305 g/mol. The molecule has 0 spiro atoms. The van der Waals surface area contributed by atoms with Crippen molar-refractivity contribution in [3.63, 3.8) is 0 Å². The molecule has 0 atom stereocenters. The topological polar surface area (TPSA) is 64.3 Å². The van der Waals surface area contributed by atoms with E-state index in [9.17, 15) is 4.79 Å². The first kappa shape index (κ1) is 15.2. The molecule has 0 radical (unpaired) electrons. The zero-order valence-corrected chi connectivity index (χ0v) is 12.7. The smallest absolute Gasteiger partial charge is 0.338 e. The van der Waals surface area contributed by atoms with Gasteiger partial charge < -0.3 is 15.8 Å². The second-order valence-corrected chi connectivity index (χ2v) is 5.02. The first-order valence-electron chi connectivity index (χ1n) is 6.61. The molecule has 0 saturated carbocycles. The first-order valence-corrected chi connectivity index (χ1v) is 6.99. The third-order valence-electron chi connectivity index (χ3n) is 3.01. The minimum absolute atomic E-state index is 0.334. The number of hydrogen-bond acceptors (Lipinski definition) is 4. The van der Waals surface area contributed by atoms with Crippen molar-refractivity contribution >= 4 is 34.6 Å². The van der Waals surface area contributed by atoms with E-state index in [0.29, 0.717) is 28.6 Å². The molecule has 0 aromatic heterocycles. The van der Waals surface area contributed by atoms with Gasteiger partial charge in [-0.2, -0.15) is 0 Å². The summed E-state index contributed by atoms with van der Waals surface area (Å²) >= 11 is 6.09. The van der Waals surface area contributed by atoms with Gasteiger partial charge in [-0.25, -0.2) is 4.79 Å². The van der Waals surface area contributed by atoms with Crippen LogP contribution in [-0.2, 0) is 4.74 Å². The molecule has 0 bridgehead atoms. The molecule has 21 heavy (non-hydrogen) atoms. The number of carbonyl (C=O) groups excluding carboxylic acids is 1. The lowest BCUT2D eigenvalue weighted by atomic mass is 10.1. The standard InChI is InChI=1S/C16H17ClN2O2/c1-3-21-16(20)11-5-7-15(14(18)8-11)19-12-6-4-10(2)13(17)9-12/h4-9,19H,3,18H2,1-2H3. The van der Waals surface area contributed by atoms with Crippen molar-refractivity contribution in [2.24, 2.45) is 0 Å². The molecule has 0 aliphatic heterocycles. The van der Waals surface area contributed by atoms with E-state index in [1.165, 1.54) is 0 Å². The van der Waals surface area contributed by atoms with Gasteiger partial charge >= 0.3 is 5.97 Å². The van der Waals surface area contributed by atoms with E-state index in [1.54, 1.807) is 25.1 Å². The van der Waals surface area contributed by atoms with Gasteiger partial charge in [-0.1, -0.05) is 17.7 Å². The molecule has 0 unspecified atom stereocenters. The minimum atomic E-state index is -0.380. The van der Waals surface area contributed by atoms with E-state index in [0.717, 1.165) is 11.3 Å². The van der Waals surface area contributed by atoms with Crippen LogP contribution >= 0.6 is 11.6 Å². The molecular formula is C16H17ClN2O2. The van der Waals surface area contributed by atoms with E-state index >= 15 is 0 Å². The summed E-state index contributed by atoms with van der Waals surface area (Å²) < 4.78 is 4.94. The zero-order valence-electron chi connectivity index (χ0n) is 11.9. The highest BCUT2D eigenvalue weighted by Crippen LogP contribution is 2.27. The summed E-state index contributed by atoms with van der Waals surface area (Å²) in [6.07, 6.45) is 0. The van der Waals surface area contributed by atoms with Crippen LogP contribution in [0.4, 0.5) is 17.1 Å². The highest BCUT2D eigenvalue weighted by molar-refractivity contribution is 6.31. The van der Waals surface area contributed by atoms with Gasteiger partial charge in [0.15, 0.2) is 0 Å². The summed E-state index contributed by atoms with van der Waals surface area (Å²) in [5, 5.41) is 3.86. The molecule has 0 amide bonds. The molecule has 2 rings (SSSR count). The fourth-order valence-electron chi connectivity index (χ4n) is 1.84. The van der Waals surface area contributed by atoms with Crippen molar-refractivity contribution in [2.75, 3.05) is 17.7 Å². The minimum Gasteiger partial charge on any atom is -0.462 e. The van der Waals surface area contributed by atoms with Crippen LogP contribution in [0, 0.1) is 6.92 Å². The number of nitrogens with two attached hydrogens (primary N) is 1. The lowest BCUT2D eigenvalue weighted by Gasteiger charge is -2.11. The number of aryl methyl sites for hydroxylation is 1. The Bertz CT molecular complexity index is 671. The highest BCUT2D eigenvalue weighted by Gasteiger charge is 2.09. The van der Waals surface area contributed by atoms with Crippen LogP contribution in [0.15, 0.2) is 36.4 Å². The van der Waals surface area contributed by atoms with Gasteiger partial charge in [-0.05, 0) is 49.7 Å². The quantitative estimate of drug-likeness (QED) is 0.658. The second-order valence-electron chi connectivity index (χ2n) is 4.61. The summed E-state index contributed by atoms with van der Waals surface area (Å²) in [4.78, 5) is 11.6. The summed E-state index contributed by atoms with van der Waals surface area (Å²) in [6.45, 7) is 4.04. The molecule has 110 valence electrons. The van der Waals surface area contributed by atoms with Gasteiger partial charge in [0, 0.05) is 10.7 Å². The van der Waals surface area contributed by atoms with Gasteiger partial charge in [0.2, 0.25) is 0 Å². The summed E-state index contributed by atoms with van der Waals surface area (Å²) in [7, 11) is 0. The van der Waals surface area contributed by atoms with Crippen molar-refractivity contribution in [2.45, 2.75) is 13.8 Å². The maximum absolute atomic E-state index is 11.6. The number of benzene rings is 2. The average Bonchev–Trinajstić information content (AvgIpc) is 2.45. The number of esters is 1. The molecule has 0 heterocycles. The van der Waals surface area contributed by atoms with E-state index in [1.807, 2.05) is 25.1 Å². The predicted octanol–water partition coefficient (Wildman–Crippen LogP) is 4.15. The maximum Gasteiger partial charge on any atom is 0.338 e.